The second-order valence-electron chi connectivity index (χ2n) is 6.50. The maximum Gasteiger partial charge on any atom is 0.317 e. The van der Waals surface area contributed by atoms with E-state index in [9.17, 15) is 14.3 Å². The molecule has 0 saturated carbocycles. The molecule has 1 fully saturated rings. The van der Waals surface area contributed by atoms with Gasteiger partial charge in [0.2, 0.25) is 0 Å². The van der Waals surface area contributed by atoms with Crippen molar-refractivity contribution >= 4 is 6.03 Å². The van der Waals surface area contributed by atoms with Crippen molar-refractivity contribution in [2.24, 2.45) is 5.41 Å². The lowest BCUT2D eigenvalue weighted by Gasteiger charge is -2.41. The van der Waals surface area contributed by atoms with Gasteiger partial charge in [0, 0.05) is 38.8 Å². The number of halogens is 1. The highest BCUT2D eigenvalue weighted by Gasteiger charge is 2.36. The summed E-state index contributed by atoms with van der Waals surface area (Å²) in [6, 6.07) is 6.44. The summed E-state index contributed by atoms with van der Waals surface area (Å²) >= 11 is 0. The maximum absolute atomic E-state index is 13.6. The Morgan fingerprint density at radius 2 is 2.25 bits per heavy atom. The molecule has 24 heavy (non-hydrogen) atoms. The highest BCUT2D eigenvalue weighted by Crippen LogP contribution is 2.33. The molecule has 6 heteroatoms. The summed E-state index contributed by atoms with van der Waals surface area (Å²) in [7, 11) is 1.64. The molecule has 1 aliphatic heterocycles. The van der Waals surface area contributed by atoms with Crippen LogP contribution in [0.4, 0.5) is 9.18 Å². The number of urea groups is 1. The molecule has 1 unspecified atom stereocenters. The Bertz CT molecular complexity index is 541. The van der Waals surface area contributed by atoms with Gasteiger partial charge in [0.05, 0.1) is 6.61 Å². The molecule has 2 N–H and O–H groups in total. The van der Waals surface area contributed by atoms with E-state index in [1.807, 2.05) is 0 Å². The number of piperidine rings is 1. The molecule has 134 valence electrons. The number of hydrogen-bond acceptors (Lipinski definition) is 3. The minimum Gasteiger partial charge on any atom is -0.396 e. The number of amides is 2. The molecule has 1 saturated heterocycles. The summed E-state index contributed by atoms with van der Waals surface area (Å²) in [5.74, 6) is -0.247. The largest absolute Gasteiger partial charge is 0.396 e. The molecule has 5 nitrogen and oxygen atoms in total. The molecule has 0 aromatic heterocycles. The Kier molecular flexibility index (Phi) is 6.99. The van der Waals surface area contributed by atoms with Gasteiger partial charge in [-0.15, -0.1) is 0 Å². The average molecular weight is 338 g/mol. The first-order valence-corrected chi connectivity index (χ1v) is 8.46. The average Bonchev–Trinajstić information content (AvgIpc) is 2.61. The van der Waals surface area contributed by atoms with E-state index in [-0.39, 0.29) is 23.9 Å². The number of rotatable bonds is 7. The van der Waals surface area contributed by atoms with Gasteiger partial charge in [-0.2, -0.15) is 0 Å². The Morgan fingerprint density at radius 3 is 2.96 bits per heavy atom. The molecule has 1 aliphatic rings. The van der Waals surface area contributed by atoms with Crippen LogP contribution in [0.2, 0.25) is 0 Å². The summed E-state index contributed by atoms with van der Waals surface area (Å²) in [5, 5.41) is 12.6. The van der Waals surface area contributed by atoms with Gasteiger partial charge in [-0.25, -0.2) is 9.18 Å². The van der Waals surface area contributed by atoms with Crippen LogP contribution in [0.3, 0.4) is 0 Å². The van der Waals surface area contributed by atoms with E-state index in [0.717, 1.165) is 19.3 Å². The van der Waals surface area contributed by atoms with Crippen LogP contribution in [0.15, 0.2) is 24.3 Å². The number of carbonyl (C=O) groups is 1. The van der Waals surface area contributed by atoms with E-state index in [1.54, 1.807) is 30.2 Å². The minimum absolute atomic E-state index is 0.0510. The van der Waals surface area contributed by atoms with Crippen molar-refractivity contribution < 1.29 is 19.0 Å². The standard InChI is InChI=1S/C18H27FN2O3/c1-24-12-9-18(14-22)8-4-11-21(13-18)17(23)20-10-7-15-5-2-3-6-16(15)19/h2-3,5-6,22H,4,7-14H2,1H3,(H,20,23). The number of aliphatic hydroxyl groups is 1. The second-order valence-corrected chi connectivity index (χ2v) is 6.50. The van der Waals surface area contributed by atoms with E-state index < -0.39 is 0 Å². The fourth-order valence-corrected chi connectivity index (χ4v) is 3.23. The van der Waals surface area contributed by atoms with Crippen LogP contribution in [0, 0.1) is 11.2 Å². The first kappa shape index (κ1) is 18.7. The van der Waals surface area contributed by atoms with Crippen LogP contribution in [0.1, 0.15) is 24.8 Å². The number of ether oxygens (including phenoxy) is 1. The third-order valence-electron chi connectivity index (χ3n) is 4.75. The van der Waals surface area contributed by atoms with Gasteiger partial charge in [0.1, 0.15) is 5.82 Å². The van der Waals surface area contributed by atoms with Gasteiger partial charge in [0.25, 0.3) is 0 Å². The smallest absolute Gasteiger partial charge is 0.317 e. The predicted octanol–water partition coefficient (Wildman–Crippen LogP) is 2.19. The number of methoxy groups -OCH3 is 1. The first-order valence-electron chi connectivity index (χ1n) is 8.46. The number of benzene rings is 1. The highest BCUT2D eigenvalue weighted by atomic mass is 19.1. The Morgan fingerprint density at radius 1 is 1.46 bits per heavy atom. The number of nitrogens with one attached hydrogen (secondary N) is 1. The molecule has 0 spiro atoms. The number of nitrogens with zero attached hydrogens (tertiary/aromatic N) is 1. The molecule has 0 bridgehead atoms. The summed E-state index contributed by atoms with van der Waals surface area (Å²) in [6.45, 7) is 2.22. The Labute approximate surface area is 142 Å². The number of carbonyl (C=O) groups excluding carboxylic acids is 1. The molecule has 0 radical (unpaired) electrons. The van der Waals surface area contributed by atoms with E-state index in [1.165, 1.54) is 6.07 Å². The Balaban J connectivity index is 1.84. The highest BCUT2D eigenvalue weighted by molar-refractivity contribution is 5.74. The molecule has 1 heterocycles. The normalized spacial score (nSPS) is 20.9. The van der Waals surface area contributed by atoms with Crippen LogP contribution in [-0.4, -0.2) is 56.0 Å². The first-order chi connectivity index (χ1) is 11.6. The van der Waals surface area contributed by atoms with Crippen molar-refractivity contribution in [2.45, 2.75) is 25.7 Å². The zero-order chi connectivity index (χ0) is 17.4. The number of hydrogen-bond donors (Lipinski definition) is 2. The summed E-state index contributed by atoms with van der Waals surface area (Å²) in [5.41, 5.74) is 0.318. The van der Waals surface area contributed by atoms with E-state index in [4.69, 9.17) is 4.74 Å². The van der Waals surface area contributed by atoms with Gasteiger partial charge in [0.15, 0.2) is 0 Å². The molecule has 0 aliphatic carbocycles. The van der Waals surface area contributed by atoms with Crippen molar-refractivity contribution in [2.75, 3.05) is 40.0 Å². The summed E-state index contributed by atoms with van der Waals surface area (Å²) < 4.78 is 18.7. The van der Waals surface area contributed by atoms with Gasteiger partial charge >= 0.3 is 6.03 Å². The maximum atomic E-state index is 13.6. The molecule has 1 aromatic carbocycles. The van der Waals surface area contributed by atoms with Crippen molar-refractivity contribution in [1.82, 2.24) is 10.2 Å². The SMILES string of the molecule is COCCC1(CO)CCCN(C(=O)NCCc2ccccc2F)C1. The monoisotopic (exact) mass is 338 g/mol. The zero-order valence-corrected chi connectivity index (χ0v) is 14.3. The quantitative estimate of drug-likeness (QED) is 0.801. The third-order valence-corrected chi connectivity index (χ3v) is 4.75. The van der Waals surface area contributed by atoms with E-state index in [0.29, 0.717) is 38.2 Å². The molecule has 2 rings (SSSR count). The Hall–Kier alpha value is -1.66. The number of likely N-dealkylation sites (tertiary alicyclic amines) is 1. The predicted molar refractivity (Wildman–Crippen MR) is 90.3 cm³/mol. The topological polar surface area (TPSA) is 61.8 Å². The van der Waals surface area contributed by atoms with Crippen molar-refractivity contribution in [3.8, 4) is 0 Å². The lowest BCUT2D eigenvalue weighted by molar-refractivity contribution is 0.0201. The van der Waals surface area contributed by atoms with Crippen molar-refractivity contribution in [3.05, 3.63) is 35.6 Å². The van der Waals surface area contributed by atoms with Gasteiger partial charge < -0.3 is 20.1 Å². The van der Waals surface area contributed by atoms with Crippen LogP contribution in [0.5, 0.6) is 0 Å². The molecule has 1 atom stereocenters. The van der Waals surface area contributed by atoms with Gasteiger partial charge in [-0.1, -0.05) is 18.2 Å². The van der Waals surface area contributed by atoms with E-state index in [2.05, 4.69) is 5.32 Å². The van der Waals surface area contributed by atoms with Crippen LogP contribution < -0.4 is 5.32 Å². The van der Waals surface area contributed by atoms with Gasteiger partial charge in [-0.3, -0.25) is 0 Å². The van der Waals surface area contributed by atoms with Crippen LogP contribution >= 0.6 is 0 Å². The molecule has 2 amide bonds. The minimum atomic E-state index is -0.281. The third kappa shape index (κ3) is 4.92. The van der Waals surface area contributed by atoms with Crippen molar-refractivity contribution in [1.29, 1.82) is 0 Å². The van der Waals surface area contributed by atoms with Gasteiger partial charge in [-0.05, 0) is 37.3 Å². The zero-order valence-electron chi connectivity index (χ0n) is 14.3. The molecular weight excluding hydrogens is 311 g/mol. The fraction of sp³-hybridized carbons (Fsp3) is 0.611. The lowest BCUT2D eigenvalue weighted by Crippen LogP contribution is -2.51. The molecular formula is C18H27FN2O3. The molecule has 1 aromatic rings. The number of aliphatic hydroxyl groups excluding tert-OH is 1. The van der Waals surface area contributed by atoms with Crippen LogP contribution in [0.25, 0.3) is 0 Å². The van der Waals surface area contributed by atoms with Crippen LogP contribution in [-0.2, 0) is 11.2 Å². The summed E-state index contributed by atoms with van der Waals surface area (Å²) in [4.78, 5) is 14.1. The van der Waals surface area contributed by atoms with Crippen molar-refractivity contribution in [3.63, 3.8) is 0 Å². The lowest BCUT2D eigenvalue weighted by atomic mass is 9.78. The summed E-state index contributed by atoms with van der Waals surface area (Å²) in [6.07, 6.45) is 2.96. The second kappa shape index (κ2) is 8.99. The fourth-order valence-electron chi connectivity index (χ4n) is 3.23. The van der Waals surface area contributed by atoms with E-state index >= 15 is 0 Å².